The Labute approximate surface area is 150 Å². The third-order valence-electron chi connectivity index (χ3n) is 4.29. The van der Waals surface area contributed by atoms with Crippen molar-refractivity contribution in [2.75, 3.05) is 16.8 Å². The summed E-state index contributed by atoms with van der Waals surface area (Å²) in [5.41, 5.74) is 3.64. The number of amides is 1. The molecule has 1 aliphatic heterocycles. The van der Waals surface area contributed by atoms with Gasteiger partial charge in [-0.05, 0) is 49.2 Å². The van der Waals surface area contributed by atoms with Crippen LogP contribution in [0.25, 0.3) is 0 Å². The molecule has 1 amide bonds. The van der Waals surface area contributed by atoms with Crippen molar-refractivity contribution < 1.29 is 9.18 Å². The van der Waals surface area contributed by atoms with Gasteiger partial charge in [0.05, 0.1) is 0 Å². The van der Waals surface area contributed by atoms with Crippen molar-refractivity contribution >= 4 is 23.2 Å². The average Bonchev–Trinajstić information content (AvgIpc) is 3.05. The van der Waals surface area contributed by atoms with Gasteiger partial charge in [0.15, 0.2) is 0 Å². The summed E-state index contributed by atoms with van der Waals surface area (Å²) in [6, 6.07) is 15.5. The van der Waals surface area contributed by atoms with Crippen molar-refractivity contribution in [2.24, 2.45) is 0 Å². The van der Waals surface area contributed by atoms with Crippen molar-refractivity contribution in [1.29, 1.82) is 0 Å². The lowest BCUT2D eigenvalue weighted by molar-refractivity contribution is 0.102. The fourth-order valence-electron chi connectivity index (χ4n) is 3.10. The Hall–Kier alpha value is -3.28. The minimum absolute atomic E-state index is 0.251. The second-order valence-corrected chi connectivity index (χ2v) is 6.19. The van der Waals surface area contributed by atoms with Crippen LogP contribution in [0, 0.1) is 12.7 Å². The van der Waals surface area contributed by atoms with Crippen molar-refractivity contribution in [1.82, 2.24) is 9.97 Å². The zero-order valence-corrected chi connectivity index (χ0v) is 14.2. The fraction of sp³-hybridized carbons (Fsp3) is 0.150. The summed E-state index contributed by atoms with van der Waals surface area (Å²) < 4.78 is 13.3. The van der Waals surface area contributed by atoms with Crippen LogP contribution in [-0.2, 0) is 6.42 Å². The van der Waals surface area contributed by atoms with Crippen molar-refractivity contribution in [3.05, 3.63) is 77.4 Å². The maximum atomic E-state index is 13.3. The highest BCUT2D eigenvalue weighted by Gasteiger charge is 2.23. The van der Waals surface area contributed by atoms with Crippen LogP contribution in [0.5, 0.6) is 0 Å². The fourth-order valence-corrected chi connectivity index (χ4v) is 3.10. The highest BCUT2D eigenvalue weighted by molar-refractivity contribution is 6.03. The molecule has 1 N–H and O–H groups in total. The topological polar surface area (TPSA) is 58.1 Å². The summed E-state index contributed by atoms with van der Waals surface area (Å²) in [4.78, 5) is 23.5. The standard InChI is InChI=1S/C20H17FN4O/c1-13-11-17(19(26)23-16-7-4-6-15(21)12-16)24-20(22-13)25-10-9-14-5-2-3-8-18(14)25/h2-8,11-12H,9-10H2,1H3,(H,23,26). The average molecular weight is 348 g/mol. The van der Waals surface area contributed by atoms with Gasteiger partial charge in [-0.1, -0.05) is 24.3 Å². The quantitative estimate of drug-likeness (QED) is 0.781. The molecule has 2 aromatic carbocycles. The number of carbonyl (C=O) groups excluding carboxylic acids is 1. The summed E-state index contributed by atoms with van der Waals surface area (Å²) in [6.45, 7) is 2.60. The number of nitrogens with one attached hydrogen (secondary N) is 1. The van der Waals surface area contributed by atoms with E-state index in [1.165, 1.54) is 17.7 Å². The van der Waals surface area contributed by atoms with Gasteiger partial charge in [-0.25, -0.2) is 14.4 Å². The molecule has 3 aromatic rings. The molecule has 0 saturated carbocycles. The first-order valence-corrected chi connectivity index (χ1v) is 8.38. The number of carbonyl (C=O) groups is 1. The van der Waals surface area contributed by atoms with Gasteiger partial charge in [0.2, 0.25) is 5.95 Å². The van der Waals surface area contributed by atoms with E-state index in [1.807, 2.05) is 30.0 Å². The highest BCUT2D eigenvalue weighted by atomic mass is 19.1. The molecule has 5 nitrogen and oxygen atoms in total. The van der Waals surface area contributed by atoms with Gasteiger partial charge in [-0.2, -0.15) is 0 Å². The second kappa shape index (κ2) is 6.55. The molecule has 4 rings (SSSR count). The smallest absolute Gasteiger partial charge is 0.274 e. The number of aryl methyl sites for hydroxylation is 1. The molecule has 1 aliphatic rings. The maximum absolute atomic E-state index is 13.3. The van der Waals surface area contributed by atoms with Crippen LogP contribution in [0.1, 0.15) is 21.7 Å². The molecule has 0 unspecified atom stereocenters. The number of halogens is 1. The van der Waals surface area contributed by atoms with Gasteiger partial charge < -0.3 is 10.2 Å². The molecule has 0 fully saturated rings. The summed E-state index contributed by atoms with van der Waals surface area (Å²) in [7, 11) is 0. The number of aromatic nitrogens is 2. The van der Waals surface area contributed by atoms with Crippen molar-refractivity contribution in [3.63, 3.8) is 0 Å². The van der Waals surface area contributed by atoms with E-state index in [-0.39, 0.29) is 5.69 Å². The van der Waals surface area contributed by atoms with Crippen molar-refractivity contribution in [2.45, 2.75) is 13.3 Å². The number of hydrogen-bond donors (Lipinski definition) is 1. The molecular weight excluding hydrogens is 331 g/mol. The minimum atomic E-state index is -0.406. The molecule has 130 valence electrons. The van der Waals surface area contributed by atoms with Gasteiger partial charge >= 0.3 is 0 Å². The van der Waals surface area contributed by atoms with E-state index >= 15 is 0 Å². The summed E-state index contributed by atoms with van der Waals surface area (Å²) in [5, 5.41) is 2.68. The number of fused-ring (bicyclic) bond motifs is 1. The van der Waals surface area contributed by atoms with Crippen LogP contribution in [-0.4, -0.2) is 22.4 Å². The van der Waals surface area contributed by atoms with Gasteiger partial charge in [-0.3, -0.25) is 4.79 Å². The lowest BCUT2D eigenvalue weighted by Crippen LogP contribution is -2.20. The molecule has 6 heteroatoms. The lowest BCUT2D eigenvalue weighted by atomic mass is 10.2. The van der Waals surface area contributed by atoms with Crippen LogP contribution in [0.3, 0.4) is 0 Å². The molecule has 0 atom stereocenters. The molecule has 26 heavy (non-hydrogen) atoms. The van der Waals surface area contributed by atoms with Crippen LogP contribution in [0.2, 0.25) is 0 Å². The van der Waals surface area contributed by atoms with Crippen LogP contribution in [0.15, 0.2) is 54.6 Å². The van der Waals surface area contributed by atoms with E-state index in [0.29, 0.717) is 17.3 Å². The van der Waals surface area contributed by atoms with Gasteiger partial charge in [0, 0.05) is 23.6 Å². The van der Waals surface area contributed by atoms with Crippen LogP contribution >= 0.6 is 0 Å². The number of anilines is 3. The van der Waals surface area contributed by atoms with E-state index in [2.05, 4.69) is 21.4 Å². The van der Waals surface area contributed by atoms with Crippen LogP contribution < -0.4 is 10.2 Å². The lowest BCUT2D eigenvalue weighted by Gasteiger charge is -2.18. The summed E-state index contributed by atoms with van der Waals surface area (Å²) in [6.07, 6.45) is 0.915. The SMILES string of the molecule is Cc1cc(C(=O)Nc2cccc(F)c2)nc(N2CCc3ccccc32)n1. The Kier molecular flexibility index (Phi) is 4.08. The largest absolute Gasteiger partial charge is 0.321 e. The first kappa shape index (κ1) is 16.2. The Morgan fingerprint density at radius 1 is 1.12 bits per heavy atom. The van der Waals surface area contributed by atoms with Gasteiger partial charge in [0.25, 0.3) is 5.91 Å². The van der Waals surface area contributed by atoms with E-state index in [1.54, 1.807) is 18.2 Å². The Morgan fingerprint density at radius 2 is 1.96 bits per heavy atom. The number of benzene rings is 2. The summed E-state index contributed by atoms with van der Waals surface area (Å²) in [5.74, 6) is -0.301. The number of para-hydroxylation sites is 1. The zero-order valence-electron chi connectivity index (χ0n) is 14.2. The molecule has 0 aliphatic carbocycles. The number of hydrogen-bond acceptors (Lipinski definition) is 4. The molecule has 1 aromatic heterocycles. The number of nitrogens with zero attached hydrogens (tertiary/aromatic N) is 3. The van der Waals surface area contributed by atoms with E-state index in [4.69, 9.17) is 0 Å². The normalized spacial score (nSPS) is 12.8. The van der Waals surface area contributed by atoms with Gasteiger partial charge in [0.1, 0.15) is 11.5 Å². The minimum Gasteiger partial charge on any atom is -0.321 e. The predicted octanol–water partition coefficient (Wildman–Crippen LogP) is 3.87. The Bertz CT molecular complexity index is 989. The zero-order chi connectivity index (χ0) is 18.1. The molecule has 0 spiro atoms. The molecule has 0 saturated heterocycles. The predicted molar refractivity (Wildman–Crippen MR) is 98.3 cm³/mol. The van der Waals surface area contributed by atoms with Crippen LogP contribution in [0.4, 0.5) is 21.7 Å². The summed E-state index contributed by atoms with van der Waals surface area (Å²) >= 11 is 0. The van der Waals surface area contributed by atoms with E-state index < -0.39 is 11.7 Å². The second-order valence-electron chi connectivity index (χ2n) is 6.19. The highest BCUT2D eigenvalue weighted by Crippen LogP contribution is 2.32. The van der Waals surface area contributed by atoms with Crippen molar-refractivity contribution in [3.8, 4) is 0 Å². The maximum Gasteiger partial charge on any atom is 0.274 e. The molecule has 0 radical (unpaired) electrons. The van der Waals surface area contributed by atoms with E-state index in [9.17, 15) is 9.18 Å². The third kappa shape index (κ3) is 3.13. The first-order chi connectivity index (χ1) is 12.6. The Balaban J connectivity index is 1.64. The molecule has 0 bridgehead atoms. The van der Waals surface area contributed by atoms with Gasteiger partial charge in [-0.15, -0.1) is 0 Å². The number of rotatable bonds is 3. The monoisotopic (exact) mass is 348 g/mol. The Morgan fingerprint density at radius 3 is 2.81 bits per heavy atom. The molecular formula is C20H17FN4O. The van der Waals surface area contributed by atoms with E-state index in [0.717, 1.165) is 18.7 Å². The first-order valence-electron chi connectivity index (χ1n) is 8.38. The third-order valence-corrected chi connectivity index (χ3v) is 4.29. The molecule has 2 heterocycles.